The van der Waals surface area contributed by atoms with Crippen LogP contribution in [0.1, 0.15) is 34.0 Å². The number of carbonyl (C=O) groups is 2. The fraction of sp³-hybridized carbons (Fsp3) is 0.222. The quantitative estimate of drug-likeness (QED) is 0.472. The van der Waals surface area contributed by atoms with E-state index in [2.05, 4.69) is 0 Å². The molecule has 2 aromatic rings. The summed E-state index contributed by atoms with van der Waals surface area (Å²) in [6, 6.07) is 7.57. The van der Waals surface area contributed by atoms with Gasteiger partial charge in [-0.2, -0.15) is 11.3 Å². The zero-order valence-electron chi connectivity index (χ0n) is 12.8. The fourth-order valence-electron chi connectivity index (χ4n) is 2.02. The van der Waals surface area contributed by atoms with E-state index in [1.54, 1.807) is 24.3 Å². The standard InChI is InChI=1S/C18H18O3S/c1-12-4-5-13(2)16(10-12)18(20)14(3)21-17(19)7-6-15-8-9-22-11-15/h4-11,14H,1-3H3/b7-6+/t14-/m1/s1. The molecule has 0 fully saturated rings. The topological polar surface area (TPSA) is 43.4 Å². The Morgan fingerprint density at radius 1 is 1.23 bits per heavy atom. The third-order valence-electron chi connectivity index (χ3n) is 3.28. The van der Waals surface area contributed by atoms with E-state index in [-0.39, 0.29) is 5.78 Å². The second-order valence-electron chi connectivity index (χ2n) is 5.15. The highest BCUT2D eigenvalue weighted by Gasteiger charge is 2.20. The highest BCUT2D eigenvalue weighted by Crippen LogP contribution is 2.15. The minimum absolute atomic E-state index is 0.182. The van der Waals surface area contributed by atoms with Crippen molar-refractivity contribution in [2.24, 2.45) is 0 Å². The number of Topliss-reactive ketones (excluding diaryl/α,β-unsaturated/α-hetero) is 1. The van der Waals surface area contributed by atoms with Crippen LogP contribution in [0.4, 0.5) is 0 Å². The van der Waals surface area contributed by atoms with Gasteiger partial charge in [0, 0.05) is 11.6 Å². The van der Waals surface area contributed by atoms with Crippen LogP contribution in [0.3, 0.4) is 0 Å². The number of aryl methyl sites for hydroxylation is 2. The first kappa shape index (κ1) is 16.2. The summed E-state index contributed by atoms with van der Waals surface area (Å²) >= 11 is 1.55. The lowest BCUT2D eigenvalue weighted by Crippen LogP contribution is -2.24. The lowest BCUT2D eigenvalue weighted by atomic mass is 9.99. The molecule has 3 nitrogen and oxygen atoms in total. The maximum absolute atomic E-state index is 12.4. The SMILES string of the molecule is Cc1ccc(C)c(C(=O)[C@@H](C)OC(=O)/C=C/c2ccsc2)c1. The molecule has 0 saturated carbocycles. The molecule has 1 aromatic heterocycles. The van der Waals surface area contributed by atoms with Crippen molar-refractivity contribution in [3.05, 3.63) is 63.4 Å². The van der Waals surface area contributed by atoms with Crippen molar-refractivity contribution in [3.8, 4) is 0 Å². The lowest BCUT2D eigenvalue weighted by molar-refractivity contribution is -0.140. The van der Waals surface area contributed by atoms with Gasteiger partial charge in [-0.3, -0.25) is 4.79 Å². The summed E-state index contributed by atoms with van der Waals surface area (Å²) in [5.41, 5.74) is 3.43. The predicted octanol–water partition coefficient (Wildman–Crippen LogP) is 4.19. The monoisotopic (exact) mass is 314 g/mol. The van der Waals surface area contributed by atoms with Gasteiger partial charge in [-0.1, -0.05) is 17.7 Å². The highest BCUT2D eigenvalue weighted by molar-refractivity contribution is 7.08. The van der Waals surface area contributed by atoms with Gasteiger partial charge in [0.1, 0.15) is 0 Å². The minimum Gasteiger partial charge on any atom is -0.451 e. The Balaban J connectivity index is 2.02. The van der Waals surface area contributed by atoms with E-state index in [9.17, 15) is 9.59 Å². The maximum atomic E-state index is 12.4. The van der Waals surface area contributed by atoms with E-state index in [1.807, 2.05) is 48.9 Å². The van der Waals surface area contributed by atoms with E-state index in [0.29, 0.717) is 5.56 Å². The summed E-state index contributed by atoms with van der Waals surface area (Å²) in [4.78, 5) is 24.2. The van der Waals surface area contributed by atoms with Gasteiger partial charge in [0.25, 0.3) is 0 Å². The predicted molar refractivity (Wildman–Crippen MR) is 89.2 cm³/mol. The number of thiophene rings is 1. The molecule has 0 N–H and O–H groups in total. The summed E-state index contributed by atoms with van der Waals surface area (Å²) < 4.78 is 5.19. The summed E-state index contributed by atoms with van der Waals surface area (Å²) in [6.07, 6.45) is 2.21. The number of carbonyl (C=O) groups excluding carboxylic acids is 2. The van der Waals surface area contributed by atoms with Gasteiger partial charge in [-0.15, -0.1) is 0 Å². The van der Waals surface area contributed by atoms with Gasteiger partial charge in [0.2, 0.25) is 5.78 Å². The molecule has 0 amide bonds. The van der Waals surface area contributed by atoms with Crippen molar-refractivity contribution in [2.45, 2.75) is 26.9 Å². The van der Waals surface area contributed by atoms with Gasteiger partial charge in [0.15, 0.2) is 6.10 Å². The fourth-order valence-corrected chi connectivity index (χ4v) is 2.65. The molecule has 0 aliphatic rings. The summed E-state index contributed by atoms with van der Waals surface area (Å²) in [5, 5.41) is 3.85. The molecule has 1 heterocycles. The van der Waals surface area contributed by atoms with Crippen molar-refractivity contribution < 1.29 is 14.3 Å². The summed E-state index contributed by atoms with van der Waals surface area (Å²) in [5.74, 6) is -0.698. The average molecular weight is 314 g/mol. The highest BCUT2D eigenvalue weighted by atomic mass is 32.1. The van der Waals surface area contributed by atoms with Gasteiger partial charge < -0.3 is 4.74 Å². The molecule has 1 aromatic carbocycles. The first-order chi connectivity index (χ1) is 10.5. The second kappa shape index (κ2) is 7.18. The molecular weight excluding hydrogens is 296 g/mol. The zero-order valence-corrected chi connectivity index (χ0v) is 13.6. The van der Waals surface area contributed by atoms with Crippen molar-refractivity contribution >= 4 is 29.2 Å². The maximum Gasteiger partial charge on any atom is 0.331 e. The number of hydrogen-bond acceptors (Lipinski definition) is 4. The van der Waals surface area contributed by atoms with Crippen molar-refractivity contribution in [1.29, 1.82) is 0 Å². The molecular formula is C18H18O3S. The smallest absolute Gasteiger partial charge is 0.331 e. The Hall–Kier alpha value is -2.20. The van der Waals surface area contributed by atoms with Crippen molar-refractivity contribution in [3.63, 3.8) is 0 Å². The Labute approximate surface area is 134 Å². The van der Waals surface area contributed by atoms with Crippen LogP contribution in [-0.2, 0) is 9.53 Å². The van der Waals surface area contributed by atoms with E-state index >= 15 is 0 Å². The number of ether oxygens (including phenoxy) is 1. The van der Waals surface area contributed by atoms with Crippen LogP contribution in [0.25, 0.3) is 6.08 Å². The van der Waals surface area contributed by atoms with E-state index in [0.717, 1.165) is 16.7 Å². The first-order valence-corrected chi connectivity index (χ1v) is 7.94. The average Bonchev–Trinajstić information content (AvgIpc) is 3.00. The van der Waals surface area contributed by atoms with E-state index < -0.39 is 12.1 Å². The molecule has 0 aliphatic heterocycles. The summed E-state index contributed by atoms with van der Waals surface area (Å²) in [6.45, 7) is 5.40. The second-order valence-corrected chi connectivity index (χ2v) is 5.93. The van der Waals surface area contributed by atoms with Crippen LogP contribution >= 0.6 is 11.3 Å². The van der Waals surface area contributed by atoms with Gasteiger partial charge in [-0.05, 0) is 60.9 Å². The van der Waals surface area contributed by atoms with Gasteiger partial charge in [-0.25, -0.2) is 4.79 Å². The number of rotatable bonds is 5. The molecule has 0 bridgehead atoms. The minimum atomic E-state index is -0.805. The van der Waals surface area contributed by atoms with Crippen molar-refractivity contribution in [2.75, 3.05) is 0 Å². The molecule has 0 spiro atoms. The molecule has 1 atom stereocenters. The van der Waals surface area contributed by atoms with E-state index in [1.165, 1.54) is 6.08 Å². The number of benzene rings is 1. The first-order valence-electron chi connectivity index (χ1n) is 6.99. The molecule has 4 heteroatoms. The van der Waals surface area contributed by atoms with Crippen LogP contribution in [0.15, 0.2) is 41.1 Å². The zero-order chi connectivity index (χ0) is 16.1. The van der Waals surface area contributed by atoms with Crippen LogP contribution in [-0.4, -0.2) is 17.9 Å². The molecule has 0 saturated heterocycles. The molecule has 2 rings (SSSR count). The molecule has 114 valence electrons. The normalized spacial score (nSPS) is 12.3. The molecule has 0 aliphatic carbocycles. The largest absolute Gasteiger partial charge is 0.451 e. The van der Waals surface area contributed by atoms with Crippen molar-refractivity contribution in [1.82, 2.24) is 0 Å². The van der Waals surface area contributed by atoms with Gasteiger partial charge in [0.05, 0.1) is 0 Å². The molecule has 0 radical (unpaired) electrons. The number of esters is 1. The Bertz CT molecular complexity index is 699. The van der Waals surface area contributed by atoms with Gasteiger partial charge >= 0.3 is 5.97 Å². The van der Waals surface area contributed by atoms with E-state index in [4.69, 9.17) is 4.74 Å². The van der Waals surface area contributed by atoms with Crippen LogP contribution in [0, 0.1) is 13.8 Å². The third kappa shape index (κ3) is 4.15. The molecule has 0 unspecified atom stereocenters. The lowest BCUT2D eigenvalue weighted by Gasteiger charge is -2.13. The number of ketones is 1. The number of hydrogen-bond donors (Lipinski definition) is 0. The van der Waals surface area contributed by atoms with Crippen LogP contribution < -0.4 is 0 Å². The third-order valence-corrected chi connectivity index (χ3v) is 3.98. The van der Waals surface area contributed by atoms with Crippen LogP contribution in [0.5, 0.6) is 0 Å². The Kier molecular flexibility index (Phi) is 5.28. The Morgan fingerprint density at radius 2 is 2.00 bits per heavy atom. The Morgan fingerprint density at radius 3 is 2.68 bits per heavy atom. The molecule has 22 heavy (non-hydrogen) atoms. The summed E-state index contributed by atoms with van der Waals surface area (Å²) in [7, 11) is 0. The van der Waals surface area contributed by atoms with Crippen LogP contribution in [0.2, 0.25) is 0 Å².